The summed E-state index contributed by atoms with van der Waals surface area (Å²) >= 11 is 0. The number of alkyl halides is 6. The van der Waals surface area contributed by atoms with E-state index in [0.29, 0.717) is 17.9 Å². The summed E-state index contributed by atoms with van der Waals surface area (Å²) in [6.07, 6.45) is -5.79. The molecule has 0 radical (unpaired) electrons. The van der Waals surface area contributed by atoms with Crippen LogP contribution in [0.4, 0.5) is 37.7 Å². The van der Waals surface area contributed by atoms with E-state index >= 15 is 0 Å². The highest BCUT2D eigenvalue weighted by Gasteiger charge is 2.50. The Balaban J connectivity index is 0.000000307. The fraction of sp³-hybridized carbons (Fsp3) is 0.500. The van der Waals surface area contributed by atoms with Crippen molar-refractivity contribution in [3.8, 4) is 0 Å². The molecule has 1 aliphatic heterocycles. The van der Waals surface area contributed by atoms with Crippen LogP contribution in [0.2, 0.25) is 0 Å². The van der Waals surface area contributed by atoms with Crippen molar-refractivity contribution in [1.29, 1.82) is 0 Å². The van der Waals surface area contributed by atoms with Crippen LogP contribution >= 0.6 is 0 Å². The first-order valence-electron chi connectivity index (χ1n) is 6.40. The number of nitrogens with zero attached hydrogens (tertiary/aromatic N) is 2. The topological polar surface area (TPSA) is 60.9 Å². The first-order valence-corrected chi connectivity index (χ1v) is 7.84. The van der Waals surface area contributed by atoms with Gasteiger partial charge in [-0.1, -0.05) is 12.1 Å². The predicted molar refractivity (Wildman–Crippen MR) is 75.3 cm³/mol. The van der Waals surface area contributed by atoms with Gasteiger partial charge < -0.3 is 9.80 Å². The van der Waals surface area contributed by atoms with E-state index in [1.165, 1.54) is 16.8 Å². The minimum atomic E-state index is -5.84. The monoisotopic (exact) mass is 380 g/mol. The molecule has 0 aliphatic carbocycles. The van der Waals surface area contributed by atoms with Crippen LogP contribution in [0.15, 0.2) is 24.3 Å². The molecule has 0 amide bonds. The van der Waals surface area contributed by atoms with Gasteiger partial charge in [0, 0.05) is 13.6 Å². The minimum absolute atomic E-state index is 0.339. The van der Waals surface area contributed by atoms with E-state index in [1.54, 1.807) is 31.2 Å². The van der Waals surface area contributed by atoms with Crippen LogP contribution < -0.4 is 9.80 Å². The number of para-hydroxylation sites is 2. The molecule has 1 unspecified atom stereocenters. The molecule has 0 saturated heterocycles. The Bertz CT molecular complexity index is 674. The van der Waals surface area contributed by atoms with Crippen LogP contribution in [-0.2, 0) is 10.1 Å². The summed E-state index contributed by atoms with van der Waals surface area (Å²) in [6.45, 7) is 2.07. The Morgan fingerprint density at radius 1 is 1.08 bits per heavy atom. The maximum Gasteiger partial charge on any atom is 0.522 e. The highest BCUT2D eigenvalue weighted by molar-refractivity contribution is 7.86. The summed E-state index contributed by atoms with van der Waals surface area (Å²) in [4.78, 5) is 2.65. The zero-order valence-corrected chi connectivity index (χ0v) is 13.2. The SMILES string of the molecule is CCN1c2ccccc2N(C)C1C(F)(F)F.O=S(=O)(O)C(F)(F)F. The van der Waals surface area contributed by atoms with Crippen LogP contribution in [0.1, 0.15) is 6.92 Å². The minimum Gasteiger partial charge on any atom is -0.345 e. The van der Waals surface area contributed by atoms with Crippen molar-refractivity contribution < 1.29 is 39.3 Å². The molecule has 1 aromatic rings. The third kappa shape index (κ3) is 4.23. The smallest absolute Gasteiger partial charge is 0.345 e. The van der Waals surface area contributed by atoms with E-state index < -0.39 is 28.0 Å². The van der Waals surface area contributed by atoms with Gasteiger partial charge in [-0.2, -0.15) is 34.8 Å². The van der Waals surface area contributed by atoms with Gasteiger partial charge in [0.25, 0.3) is 0 Å². The van der Waals surface area contributed by atoms with E-state index in [1.807, 2.05) is 0 Å². The van der Waals surface area contributed by atoms with Gasteiger partial charge in [-0.25, -0.2) is 0 Å². The molecule has 0 bridgehead atoms. The van der Waals surface area contributed by atoms with E-state index in [-0.39, 0.29) is 0 Å². The summed E-state index contributed by atoms with van der Waals surface area (Å²) in [6, 6.07) is 6.95. The number of halogens is 6. The standard InChI is InChI=1S/C11H13F3N2.CHF3O3S/c1-3-16-9-7-5-4-6-8(9)15(2)10(16)11(12,13)14;2-1(3,4)8(5,6)7/h4-7,10H,3H2,1-2H3;(H,5,6,7). The van der Waals surface area contributed by atoms with Crippen molar-refractivity contribution in [2.75, 3.05) is 23.4 Å². The van der Waals surface area contributed by atoms with Gasteiger partial charge >= 0.3 is 21.8 Å². The largest absolute Gasteiger partial charge is 0.522 e. The summed E-state index contributed by atoms with van der Waals surface area (Å²) < 4.78 is 96.3. The van der Waals surface area contributed by atoms with Crippen molar-refractivity contribution in [3.05, 3.63) is 24.3 Å². The normalized spacial score (nSPS) is 18.1. The second-order valence-electron chi connectivity index (χ2n) is 4.72. The molecule has 0 aromatic heterocycles. The van der Waals surface area contributed by atoms with E-state index in [9.17, 15) is 26.3 Å². The first-order chi connectivity index (χ1) is 10.7. The number of fused-ring (bicyclic) bond motifs is 1. The molecule has 24 heavy (non-hydrogen) atoms. The second kappa shape index (κ2) is 6.67. The van der Waals surface area contributed by atoms with Gasteiger partial charge in [-0.3, -0.25) is 4.55 Å². The Kier molecular flexibility index (Phi) is 5.65. The second-order valence-corrected chi connectivity index (χ2v) is 6.13. The average molecular weight is 380 g/mol. The van der Waals surface area contributed by atoms with Gasteiger partial charge in [-0.15, -0.1) is 0 Å². The predicted octanol–water partition coefficient (Wildman–Crippen LogP) is 3.25. The van der Waals surface area contributed by atoms with Gasteiger partial charge in [0.05, 0.1) is 11.4 Å². The van der Waals surface area contributed by atoms with Crippen LogP contribution in [0, 0.1) is 0 Å². The van der Waals surface area contributed by atoms with Gasteiger partial charge in [-0.05, 0) is 19.1 Å². The Hall–Kier alpha value is -1.69. The molecule has 1 N–H and O–H groups in total. The molecule has 5 nitrogen and oxygen atoms in total. The van der Waals surface area contributed by atoms with Crippen molar-refractivity contribution in [2.24, 2.45) is 0 Å². The van der Waals surface area contributed by atoms with Crippen molar-refractivity contribution in [1.82, 2.24) is 0 Å². The number of anilines is 2. The lowest BCUT2D eigenvalue weighted by Gasteiger charge is -2.31. The molecule has 12 heteroatoms. The quantitative estimate of drug-likeness (QED) is 0.461. The van der Waals surface area contributed by atoms with Crippen LogP contribution in [0.25, 0.3) is 0 Å². The number of hydrogen-bond acceptors (Lipinski definition) is 4. The maximum absolute atomic E-state index is 12.9. The third-order valence-electron chi connectivity index (χ3n) is 3.16. The summed E-state index contributed by atoms with van der Waals surface area (Å²) in [5.41, 5.74) is -4.26. The van der Waals surface area contributed by atoms with Crippen LogP contribution in [0.5, 0.6) is 0 Å². The molecule has 138 valence electrons. The lowest BCUT2D eigenvalue weighted by atomic mass is 10.2. The molecular formula is C12H14F6N2O3S. The van der Waals surface area contributed by atoms with Crippen LogP contribution in [-0.4, -0.2) is 44.4 Å². The molecule has 1 aromatic carbocycles. The molecule has 1 heterocycles. The van der Waals surface area contributed by atoms with Crippen molar-refractivity contribution in [2.45, 2.75) is 24.8 Å². The molecule has 2 rings (SSSR count). The number of benzene rings is 1. The maximum atomic E-state index is 12.9. The zero-order valence-electron chi connectivity index (χ0n) is 12.4. The lowest BCUT2D eigenvalue weighted by molar-refractivity contribution is -0.146. The van der Waals surface area contributed by atoms with Crippen molar-refractivity contribution in [3.63, 3.8) is 0 Å². The number of rotatable bonds is 1. The highest BCUT2D eigenvalue weighted by Crippen LogP contribution is 2.43. The van der Waals surface area contributed by atoms with Crippen molar-refractivity contribution >= 4 is 21.5 Å². The first kappa shape index (κ1) is 20.4. The van der Waals surface area contributed by atoms with E-state index in [4.69, 9.17) is 13.0 Å². The molecular weight excluding hydrogens is 366 g/mol. The molecule has 1 atom stereocenters. The van der Waals surface area contributed by atoms with Gasteiger partial charge in [0.2, 0.25) is 6.17 Å². The fourth-order valence-corrected chi connectivity index (χ4v) is 2.22. The summed E-state index contributed by atoms with van der Waals surface area (Å²) in [7, 11) is -4.36. The Labute approximate surface area is 134 Å². The third-order valence-corrected chi connectivity index (χ3v) is 3.74. The molecule has 1 aliphatic rings. The summed E-state index contributed by atoms with van der Waals surface area (Å²) in [5, 5.41) is 0. The Morgan fingerprint density at radius 3 is 1.83 bits per heavy atom. The molecule has 0 saturated carbocycles. The molecule has 0 fully saturated rings. The average Bonchev–Trinajstić information content (AvgIpc) is 2.70. The van der Waals surface area contributed by atoms with E-state index in [2.05, 4.69) is 0 Å². The lowest BCUT2D eigenvalue weighted by Crippen LogP contribution is -2.51. The van der Waals surface area contributed by atoms with Gasteiger partial charge in [0.15, 0.2) is 0 Å². The van der Waals surface area contributed by atoms with Crippen LogP contribution in [0.3, 0.4) is 0 Å². The Morgan fingerprint density at radius 2 is 1.50 bits per heavy atom. The summed E-state index contributed by atoms with van der Waals surface area (Å²) in [5.74, 6) is 0. The number of hydrogen-bond donors (Lipinski definition) is 1. The highest BCUT2D eigenvalue weighted by atomic mass is 32.2. The fourth-order valence-electron chi connectivity index (χ4n) is 2.22. The molecule has 0 spiro atoms. The zero-order chi connectivity index (χ0) is 18.9. The van der Waals surface area contributed by atoms with Gasteiger partial charge in [0.1, 0.15) is 0 Å². The van der Waals surface area contributed by atoms with E-state index in [0.717, 1.165) is 0 Å².